The van der Waals surface area contributed by atoms with Crippen molar-refractivity contribution in [3.8, 4) is 5.75 Å². The summed E-state index contributed by atoms with van der Waals surface area (Å²) in [5.74, 6) is -0.824. The second-order valence-corrected chi connectivity index (χ2v) is 5.90. The van der Waals surface area contributed by atoms with Crippen molar-refractivity contribution >= 4 is 58.0 Å². The highest BCUT2D eigenvalue weighted by atomic mass is 35.6. The largest absolute Gasteiger partial charge is 0.495 e. The second kappa shape index (κ2) is 6.99. The zero-order valence-corrected chi connectivity index (χ0v) is 12.6. The number of anilines is 2. The van der Waals surface area contributed by atoms with Crippen molar-refractivity contribution in [2.24, 2.45) is 5.73 Å². The van der Waals surface area contributed by atoms with E-state index in [-0.39, 0.29) is 6.54 Å². The van der Waals surface area contributed by atoms with Crippen molar-refractivity contribution in [3.05, 3.63) is 18.2 Å². The highest BCUT2D eigenvalue weighted by Gasteiger charge is 2.30. The van der Waals surface area contributed by atoms with Gasteiger partial charge < -0.3 is 21.1 Å². The van der Waals surface area contributed by atoms with E-state index in [0.717, 1.165) is 0 Å². The van der Waals surface area contributed by atoms with Crippen LogP contribution in [-0.4, -0.2) is 29.3 Å². The molecule has 0 fully saturated rings. The minimum Gasteiger partial charge on any atom is -0.495 e. The van der Waals surface area contributed by atoms with Gasteiger partial charge in [-0.2, -0.15) is 0 Å². The van der Waals surface area contributed by atoms with Gasteiger partial charge in [0.25, 0.3) is 9.70 Å². The van der Waals surface area contributed by atoms with Gasteiger partial charge in [0.1, 0.15) is 5.75 Å². The van der Waals surface area contributed by atoms with Crippen molar-refractivity contribution in [1.29, 1.82) is 0 Å². The van der Waals surface area contributed by atoms with Crippen LogP contribution in [0, 0.1) is 0 Å². The van der Waals surface area contributed by atoms with Crippen LogP contribution >= 0.6 is 34.8 Å². The molecule has 0 saturated heterocycles. The van der Waals surface area contributed by atoms with E-state index >= 15 is 0 Å². The van der Waals surface area contributed by atoms with Crippen LogP contribution in [0.4, 0.5) is 11.4 Å². The number of alkyl halides is 3. The van der Waals surface area contributed by atoms with Crippen LogP contribution < -0.4 is 21.1 Å². The predicted molar refractivity (Wildman–Crippen MR) is 79.6 cm³/mol. The second-order valence-electron chi connectivity index (χ2n) is 3.62. The molecule has 2 amide bonds. The topological polar surface area (TPSA) is 93.5 Å². The first-order chi connectivity index (χ1) is 9.27. The predicted octanol–water partition coefficient (Wildman–Crippen LogP) is 1.90. The number of rotatable bonds is 4. The Balaban J connectivity index is 2.98. The molecule has 0 bridgehead atoms. The van der Waals surface area contributed by atoms with Crippen molar-refractivity contribution in [1.82, 2.24) is 0 Å². The highest BCUT2D eigenvalue weighted by molar-refractivity contribution is 6.76. The Kier molecular flexibility index (Phi) is 5.88. The van der Waals surface area contributed by atoms with Crippen LogP contribution in [0.3, 0.4) is 0 Å². The lowest BCUT2D eigenvalue weighted by molar-refractivity contribution is -0.115. The highest BCUT2D eigenvalue weighted by Crippen LogP contribution is 2.31. The smallest absolute Gasteiger partial charge is 0.276 e. The van der Waals surface area contributed by atoms with Crippen LogP contribution in [0.25, 0.3) is 0 Å². The van der Waals surface area contributed by atoms with Gasteiger partial charge >= 0.3 is 0 Å². The Bertz CT molecular complexity index is 517. The number of benzene rings is 1. The third-order valence-corrected chi connectivity index (χ3v) is 2.69. The summed E-state index contributed by atoms with van der Waals surface area (Å²) in [6.45, 7) is -0.187. The fourth-order valence-corrected chi connectivity index (χ4v) is 1.43. The summed E-state index contributed by atoms with van der Waals surface area (Å²) in [7, 11) is 1.44. The van der Waals surface area contributed by atoms with E-state index < -0.39 is 15.6 Å². The maximum absolute atomic E-state index is 11.5. The molecule has 0 heterocycles. The molecule has 1 aromatic carbocycles. The molecule has 20 heavy (non-hydrogen) atoms. The lowest BCUT2D eigenvalue weighted by Crippen LogP contribution is -2.27. The number of carbonyl (C=O) groups is 2. The van der Waals surface area contributed by atoms with Crippen molar-refractivity contribution in [2.75, 3.05) is 24.3 Å². The molecule has 110 valence electrons. The Hall–Kier alpha value is -1.21. The average molecular weight is 341 g/mol. The van der Waals surface area contributed by atoms with E-state index in [1.165, 1.54) is 19.2 Å². The lowest BCUT2D eigenvalue weighted by atomic mass is 10.2. The monoisotopic (exact) mass is 339 g/mol. The molecule has 0 aliphatic carbocycles. The number of methoxy groups -OCH3 is 1. The van der Waals surface area contributed by atoms with E-state index in [9.17, 15) is 9.59 Å². The average Bonchev–Trinajstić information content (AvgIpc) is 2.37. The first-order valence-electron chi connectivity index (χ1n) is 5.34. The third kappa shape index (κ3) is 4.72. The van der Waals surface area contributed by atoms with Gasteiger partial charge in [0.2, 0.25) is 5.91 Å². The zero-order valence-electron chi connectivity index (χ0n) is 10.4. The Morgan fingerprint density at radius 3 is 2.45 bits per heavy atom. The SMILES string of the molecule is COc1ccc(NC(=O)C(Cl)(Cl)Cl)cc1NC(=O)CN. The molecule has 0 spiro atoms. The maximum atomic E-state index is 11.5. The lowest BCUT2D eigenvalue weighted by Gasteiger charge is -2.14. The fraction of sp³-hybridized carbons (Fsp3) is 0.273. The van der Waals surface area contributed by atoms with Crippen molar-refractivity contribution in [3.63, 3.8) is 0 Å². The Morgan fingerprint density at radius 1 is 1.30 bits per heavy atom. The minimum atomic E-state index is -2.08. The molecule has 1 aromatic rings. The summed E-state index contributed by atoms with van der Waals surface area (Å²) >= 11 is 16.3. The molecule has 0 aliphatic rings. The van der Waals surface area contributed by atoms with Gasteiger partial charge in [-0.15, -0.1) is 0 Å². The molecule has 0 saturated carbocycles. The molecule has 1 rings (SSSR count). The van der Waals surface area contributed by atoms with Gasteiger partial charge in [-0.3, -0.25) is 9.59 Å². The first-order valence-corrected chi connectivity index (χ1v) is 6.47. The summed E-state index contributed by atoms with van der Waals surface area (Å²) in [5, 5.41) is 4.92. The van der Waals surface area contributed by atoms with Crippen molar-refractivity contribution < 1.29 is 14.3 Å². The van der Waals surface area contributed by atoms with Gasteiger partial charge in [0.05, 0.1) is 19.3 Å². The van der Waals surface area contributed by atoms with Crippen LogP contribution in [0.5, 0.6) is 5.75 Å². The molecular formula is C11H12Cl3N3O3. The fourth-order valence-electron chi connectivity index (χ4n) is 1.29. The summed E-state index contributed by atoms with van der Waals surface area (Å²) in [6.07, 6.45) is 0. The van der Waals surface area contributed by atoms with E-state index in [0.29, 0.717) is 17.1 Å². The molecule has 0 unspecified atom stereocenters. The summed E-state index contributed by atoms with van der Waals surface area (Å²) in [6, 6.07) is 4.53. The Labute approximate surface area is 130 Å². The number of amides is 2. The van der Waals surface area contributed by atoms with E-state index in [1.54, 1.807) is 6.07 Å². The van der Waals surface area contributed by atoms with Crippen LogP contribution in [0.15, 0.2) is 18.2 Å². The summed E-state index contributed by atoms with van der Waals surface area (Å²) < 4.78 is 2.99. The molecule has 0 atom stereocenters. The standard InChI is InChI=1S/C11H12Cl3N3O3/c1-20-8-3-2-6(16-10(19)11(12,13)14)4-7(8)17-9(18)5-15/h2-4H,5,15H2,1H3,(H,16,19)(H,17,18). The van der Waals surface area contributed by atoms with E-state index in [2.05, 4.69) is 10.6 Å². The zero-order chi connectivity index (χ0) is 15.3. The molecule has 9 heteroatoms. The number of halogens is 3. The van der Waals surface area contributed by atoms with Gasteiger partial charge in [0.15, 0.2) is 0 Å². The van der Waals surface area contributed by atoms with Crippen LogP contribution in [-0.2, 0) is 9.59 Å². The van der Waals surface area contributed by atoms with Crippen LogP contribution in [0.1, 0.15) is 0 Å². The molecule has 4 N–H and O–H groups in total. The van der Waals surface area contributed by atoms with Gasteiger partial charge in [-0.1, -0.05) is 34.8 Å². The van der Waals surface area contributed by atoms with Crippen molar-refractivity contribution in [2.45, 2.75) is 3.79 Å². The van der Waals surface area contributed by atoms with Crippen LogP contribution in [0.2, 0.25) is 0 Å². The first kappa shape index (κ1) is 16.8. The number of hydrogen-bond donors (Lipinski definition) is 3. The number of nitrogens with one attached hydrogen (secondary N) is 2. The summed E-state index contributed by atoms with van der Waals surface area (Å²) in [5.41, 5.74) is 5.88. The third-order valence-electron chi connectivity index (χ3n) is 2.17. The molecular weight excluding hydrogens is 328 g/mol. The summed E-state index contributed by atoms with van der Waals surface area (Å²) in [4.78, 5) is 22.8. The van der Waals surface area contributed by atoms with Gasteiger partial charge in [0, 0.05) is 5.69 Å². The Morgan fingerprint density at radius 2 is 1.95 bits per heavy atom. The number of carbonyl (C=O) groups excluding carboxylic acids is 2. The molecule has 0 aromatic heterocycles. The quantitative estimate of drug-likeness (QED) is 0.730. The van der Waals surface area contributed by atoms with Gasteiger partial charge in [-0.05, 0) is 18.2 Å². The van der Waals surface area contributed by atoms with E-state index in [4.69, 9.17) is 45.3 Å². The number of hydrogen-bond acceptors (Lipinski definition) is 4. The molecule has 0 radical (unpaired) electrons. The van der Waals surface area contributed by atoms with Gasteiger partial charge in [-0.25, -0.2) is 0 Å². The normalized spacial score (nSPS) is 10.8. The maximum Gasteiger partial charge on any atom is 0.276 e. The number of nitrogens with two attached hydrogens (primary N) is 1. The van der Waals surface area contributed by atoms with E-state index in [1.807, 2.05) is 0 Å². The molecule has 0 aliphatic heterocycles. The molecule has 6 nitrogen and oxygen atoms in total. The minimum absolute atomic E-state index is 0.187. The number of ether oxygens (including phenoxy) is 1.